The summed E-state index contributed by atoms with van der Waals surface area (Å²) in [5.74, 6) is 1.11. The van der Waals surface area contributed by atoms with E-state index >= 15 is 0 Å². The molecule has 84 valence electrons. The van der Waals surface area contributed by atoms with Crippen molar-refractivity contribution in [3.8, 4) is 11.4 Å². The minimum absolute atomic E-state index is 0.155. The van der Waals surface area contributed by atoms with Crippen LogP contribution in [0.3, 0.4) is 0 Å². The highest BCUT2D eigenvalue weighted by Gasteiger charge is 2.10. The molecule has 2 rings (SSSR count). The van der Waals surface area contributed by atoms with Crippen LogP contribution in [-0.2, 0) is 13.7 Å². The standard InChI is InChI=1S/C10H9Cl2N3O/c1-15-9(5-16)13-14-10(15)6-2-7(11)4-8(12)3-6/h2-4,16H,5H2,1H3. The molecule has 0 bridgehead atoms. The monoisotopic (exact) mass is 257 g/mol. The van der Waals surface area contributed by atoms with Crippen LogP contribution in [0, 0.1) is 0 Å². The molecule has 2 aromatic rings. The van der Waals surface area contributed by atoms with E-state index < -0.39 is 0 Å². The first-order chi connectivity index (χ1) is 7.61. The number of nitrogens with zero attached hydrogens (tertiary/aromatic N) is 3. The zero-order valence-electron chi connectivity index (χ0n) is 8.48. The number of hydrogen-bond donors (Lipinski definition) is 1. The Kier molecular flexibility index (Phi) is 3.14. The van der Waals surface area contributed by atoms with Crippen molar-refractivity contribution in [2.75, 3.05) is 0 Å². The molecule has 0 atom stereocenters. The highest BCUT2D eigenvalue weighted by atomic mass is 35.5. The smallest absolute Gasteiger partial charge is 0.163 e. The Hall–Kier alpha value is -1.10. The normalized spacial score (nSPS) is 10.8. The lowest BCUT2D eigenvalue weighted by Gasteiger charge is -2.03. The molecule has 0 radical (unpaired) electrons. The van der Waals surface area contributed by atoms with Gasteiger partial charge in [0.05, 0.1) is 0 Å². The summed E-state index contributed by atoms with van der Waals surface area (Å²) in [5, 5.41) is 17.9. The zero-order valence-corrected chi connectivity index (χ0v) is 10.00. The lowest BCUT2D eigenvalue weighted by atomic mass is 10.2. The third-order valence-corrected chi connectivity index (χ3v) is 2.66. The molecule has 0 saturated heterocycles. The molecule has 1 N–H and O–H groups in total. The maximum absolute atomic E-state index is 9.01. The maximum Gasteiger partial charge on any atom is 0.163 e. The second-order valence-electron chi connectivity index (χ2n) is 3.32. The van der Waals surface area contributed by atoms with E-state index in [1.807, 2.05) is 0 Å². The topological polar surface area (TPSA) is 50.9 Å². The van der Waals surface area contributed by atoms with Crippen molar-refractivity contribution < 1.29 is 5.11 Å². The fourth-order valence-electron chi connectivity index (χ4n) is 1.43. The Balaban J connectivity index is 2.54. The van der Waals surface area contributed by atoms with E-state index in [2.05, 4.69) is 10.2 Å². The van der Waals surface area contributed by atoms with Gasteiger partial charge in [-0.2, -0.15) is 0 Å². The largest absolute Gasteiger partial charge is 0.388 e. The molecule has 1 aromatic heterocycles. The molecule has 4 nitrogen and oxygen atoms in total. The number of rotatable bonds is 2. The number of halogens is 2. The number of aliphatic hydroxyl groups is 1. The Morgan fingerprint density at radius 2 is 1.81 bits per heavy atom. The minimum atomic E-state index is -0.155. The summed E-state index contributed by atoms with van der Waals surface area (Å²) in [4.78, 5) is 0. The van der Waals surface area contributed by atoms with Gasteiger partial charge in [0.25, 0.3) is 0 Å². The molecule has 1 heterocycles. The minimum Gasteiger partial charge on any atom is -0.388 e. The van der Waals surface area contributed by atoms with Crippen LogP contribution in [0.5, 0.6) is 0 Å². The third kappa shape index (κ3) is 2.04. The SMILES string of the molecule is Cn1c(CO)nnc1-c1cc(Cl)cc(Cl)c1. The molecule has 0 fully saturated rings. The molecule has 0 saturated carbocycles. The molecule has 0 spiro atoms. The van der Waals surface area contributed by atoms with E-state index in [-0.39, 0.29) is 6.61 Å². The maximum atomic E-state index is 9.01. The van der Waals surface area contributed by atoms with E-state index in [1.54, 1.807) is 29.8 Å². The average molecular weight is 258 g/mol. The van der Waals surface area contributed by atoms with Crippen LogP contribution in [0.4, 0.5) is 0 Å². The molecule has 0 unspecified atom stereocenters. The van der Waals surface area contributed by atoms with Crippen LogP contribution in [0.1, 0.15) is 5.82 Å². The highest BCUT2D eigenvalue weighted by Crippen LogP contribution is 2.25. The molecule has 1 aromatic carbocycles. The summed E-state index contributed by atoms with van der Waals surface area (Å²) in [7, 11) is 1.77. The Bertz CT molecular complexity index is 505. The van der Waals surface area contributed by atoms with Gasteiger partial charge < -0.3 is 9.67 Å². The van der Waals surface area contributed by atoms with Crippen LogP contribution < -0.4 is 0 Å². The number of hydrogen-bond acceptors (Lipinski definition) is 3. The molecule has 0 aliphatic carbocycles. The Labute approximate surface area is 102 Å². The van der Waals surface area contributed by atoms with Crippen LogP contribution in [0.25, 0.3) is 11.4 Å². The number of aromatic nitrogens is 3. The summed E-state index contributed by atoms with van der Waals surface area (Å²) in [5.41, 5.74) is 0.771. The summed E-state index contributed by atoms with van der Waals surface area (Å²) in [6.07, 6.45) is 0. The van der Waals surface area contributed by atoms with E-state index in [0.29, 0.717) is 21.7 Å². The highest BCUT2D eigenvalue weighted by molar-refractivity contribution is 6.35. The first-order valence-corrected chi connectivity index (χ1v) is 5.33. The van der Waals surface area contributed by atoms with Gasteiger partial charge in [0.15, 0.2) is 11.6 Å². The van der Waals surface area contributed by atoms with Crippen molar-refractivity contribution >= 4 is 23.2 Å². The summed E-state index contributed by atoms with van der Waals surface area (Å²) >= 11 is 11.8. The van der Waals surface area contributed by atoms with Gasteiger partial charge in [-0.05, 0) is 18.2 Å². The van der Waals surface area contributed by atoms with Crippen LogP contribution in [0.2, 0.25) is 10.0 Å². The summed E-state index contributed by atoms with van der Waals surface area (Å²) < 4.78 is 1.70. The molecular weight excluding hydrogens is 249 g/mol. The van der Waals surface area contributed by atoms with Gasteiger partial charge >= 0.3 is 0 Å². The molecule has 6 heteroatoms. The second-order valence-corrected chi connectivity index (χ2v) is 4.19. The quantitative estimate of drug-likeness (QED) is 0.898. The van der Waals surface area contributed by atoms with Crippen molar-refractivity contribution in [2.45, 2.75) is 6.61 Å². The zero-order chi connectivity index (χ0) is 11.7. The molecule has 0 aliphatic rings. The van der Waals surface area contributed by atoms with E-state index in [0.717, 1.165) is 5.56 Å². The molecule has 0 amide bonds. The first-order valence-electron chi connectivity index (χ1n) is 4.57. The van der Waals surface area contributed by atoms with Gasteiger partial charge in [-0.25, -0.2) is 0 Å². The summed E-state index contributed by atoms with van der Waals surface area (Å²) in [6.45, 7) is -0.155. The average Bonchev–Trinajstić information content (AvgIpc) is 2.58. The Morgan fingerprint density at radius 1 is 1.19 bits per heavy atom. The van der Waals surface area contributed by atoms with E-state index in [9.17, 15) is 0 Å². The number of aliphatic hydroxyl groups excluding tert-OH is 1. The van der Waals surface area contributed by atoms with Crippen molar-refractivity contribution in [1.82, 2.24) is 14.8 Å². The van der Waals surface area contributed by atoms with Crippen molar-refractivity contribution in [3.63, 3.8) is 0 Å². The third-order valence-electron chi connectivity index (χ3n) is 2.23. The lowest BCUT2D eigenvalue weighted by molar-refractivity contribution is 0.267. The molecule has 16 heavy (non-hydrogen) atoms. The van der Waals surface area contributed by atoms with Gasteiger partial charge in [-0.1, -0.05) is 23.2 Å². The predicted molar refractivity (Wildman–Crippen MR) is 62.4 cm³/mol. The van der Waals surface area contributed by atoms with E-state index in [1.165, 1.54) is 0 Å². The van der Waals surface area contributed by atoms with Gasteiger partial charge in [0, 0.05) is 22.7 Å². The van der Waals surface area contributed by atoms with Crippen molar-refractivity contribution in [3.05, 3.63) is 34.1 Å². The lowest BCUT2D eigenvalue weighted by Crippen LogP contribution is -1.99. The number of benzene rings is 1. The van der Waals surface area contributed by atoms with Gasteiger partial charge in [0.1, 0.15) is 6.61 Å². The van der Waals surface area contributed by atoms with Gasteiger partial charge in [-0.3, -0.25) is 0 Å². The van der Waals surface area contributed by atoms with E-state index in [4.69, 9.17) is 28.3 Å². The summed E-state index contributed by atoms with van der Waals surface area (Å²) in [6, 6.07) is 5.15. The molecule has 0 aliphatic heterocycles. The fourth-order valence-corrected chi connectivity index (χ4v) is 1.96. The van der Waals surface area contributed by atoms with Crippen LogP contribution in [0.15, 0.2) is 18.2 Å². The second kappa shape index (κ2) is 4.41. The Morgan fingerprint density at radius 3 is 2.31 bits per heavy atom. The van der Waals surface area contributed by atoms with Crippen LogP contribution in [-0.4, -0.2) is 19.9 Å². The van der Waals surface area contributed by atoms with Gasteiger partial charge in [0.2, 0.25) is 0 Å². The molecular formula is C10H9Cl2N3O. The van der Waals surface area contributed by atoms with Crippen molar-refractivity contribution in [1.29, 1.82) is 0 Å². The van der Waals surface area contributed by atoms with Gasteiger partial charge in [-0.15, -0.1) is 10.2 Å². The fraction of sp³-hybridized carbons (Fsp3) is 0.200. The van der Waals surface area contributed by atoms with Crippen molar-refractivity contribution in [2.24, 2.45) is 7.05 Å². The van der Waals surface area contributed by atoms with Crippen LogP contribution >= 0.6 is 23.2 Å². The first kappa shape index (κ1) is 11.4. The predicted octanol–water partition coefficient (Wildman–Crippen LogP) is 2.28.